The normalized spacial score (nSPS) is 21.3. The molecule has 0 bridgehead atoms. The van der Waals surface area contributed by atoms with Crippen LogP contribution in [0.25, 0.3) is 0 Å². The molecule has 1 aliphatic heterocycles. The third-order valence-electron chi connectivity index (χ3n) is 3.82. The van der Waals surface area contributed by atoms with Crippen molar-refractivity contribution in [3.05, 3.63) is 41.8 Å². The van der Waals surface area contributed by atoms with E-state index in [4.69, 9.17) is 0 Å². The molecule has 1 aromatic heterocycles. The fourth-order valence-electron chi connectivity index (χ4n) is 2.95. The van der Waals surface area contributed by atoms with E-state index in [1.807, 2.05) is 13.0 Å². The topological polar surface area (TPSA) is 53.1 Å². The predicted octanol–water partition coefficient (Wildman–Crippen LogP) is 2.85. The number of halogens is 1. The van der Waals surface area contributed by atoms with Crippen LogP contribution in [0.4, 0.5) is 21.8 Å². The Bertz CT molecular complexity index is 663. The Hall–Kier alpha value is -2.21. The van der Waals surface area contributed by atoms with Crippen LogP contribution in [0, 0.1) is 12.7 Å². The van der Waals surface area contributed by atoms with E-state index in [2.05, 4.69) is 39.3 Å². The number of nitrogens with one attached hydrogen (secondary N) is 2. The van der Waals surface area contributed by atoms with Crippen molar-refractivity contribution in [2.45, 2.75) is 32.9 Å². The Kier molecular flexibility index (Phi) is 4.43. The first kappa shape index (κ1) is 15.7. The molecule has 0 radical (unpaired) electrons. The summed E-state index contributed by atoms with van der Waals surface area (Å²) in [7, 11) is 0. The Labute approximate surface area is 136 Å². The number of anilines is 3. The highest BCUT2D eigenvalue weighted by Gasteiger charge is 2.22. The third kappa shape index (κ3) is 3.96. The Morgan fingerprint density at radius 2 is 1.78 bits per heavy atom. The molecule has 2 heterocycles. The fourth-order valence-corrected chi connectivity index (χ4v) is 2.95. The van der Waals surface area contributed by atoms with Crippen LogP contribution < -0.4 is 15.5 Å². The lowest BCUT2D eigenvalue weighted by Crippen LogP contribution is -2.54. The van der Waals surface area contributed by atoms with Gasteiger partial charge in [-0.1, -0.05) is 0 Å². The van der Waals surface area contributed by atoms with E-state index in [0.29, 0.717) is 18.0 Å². The van der Waals surface area contributed by atoms with Crippen LogP contribution in [0.5, 0.6) is 0 Å². The summed E-state index contributed by atoms with van der Waals surface area (Å²) in [6, 6.07) is 9.02. The van der Waals surface area contributed by atoms with Gasteiger partial charge < -0.3 is 15.5 Å². The average Bonchev–Trinajstić information content (AvgIpc) is 2.48. The van der Waals surface area contributed by atoms with Crippen LogP contribution in [-0.4, -0.2) is 35.1 Å². The summed E-state index contributed by atoms with van der Waals surface area (Å²) in [5.41, 5.74) is 1.67. The minimum absolute atomic E-state index is 0.259. The molecular formula is C17H22FN5. The Morgan fingerprint density at radius 3 is 2.43 bits per heavy atom. The number of rotatable bonds is 3. The molecule has 2 atom stereocenters. The van der Waals surface area contributed by atoms with Crippen LogP contribution in [0.3, 0.4) is 0 Å². The number of aryl methyl sites for hydroxylation is 1. The van der Waals surface area contributed by atoms with Crippen molar-refractivity contribution >= 4 is 17.5 Å². The van der Waals surface area contributed by atoms with Crippen molar-refractivity contribution in [3.63, 3.8) is 0 Å². The quantitative estimate of drug-likeness (QED) is 0.912. The summed E-state index contributed by atoms with van der Waals surface area (Å²) in [6.45, 7) is 8.13. The van der Waals surface area contributed by atoms with E-state index in [9.17, 15) is 4.39 Å². The zero-order chi connectivity index (χ0) is 16.4. The molecule has 23 heavy (non-hydrogen) atoms. The Balaban J connectivity index is 1.82. The van der Waals surface area contributed by atoms with Gasteiger partial charge in [-0.05, 0) is 45.0 Å². The zero-order valence-electron chi connectivity index (χ0n) is 13.7. The second-order valence-electron chi connectivity index (χ2n) is 6.20. The monoisotopic (exact) mass is 315 g/mol. The molecule has 1 aliphatic rings. The molecule has 0 amide bonds. The number of benzene rings is 1. The van der Waals surface area contributed by atoms with Crippen LogP contribution in [0.15, 0.2) is 30.3 Å². The maximum absolute atomic E-state index is 13.0. The van der Waals surface area contributed by atoms with E-state index in [0.717, 1.165) is 30.3 Å². The molecular weight excluding hydrogens is 293 g/mol. The second kappa shape index (κ2) is 6.50. The minimum Gasteiger partial charge on any atom is -0.353 e. The molecule has 2 N–H and O–H groups in total. The van der Waals surface area contributed by atoms with Crippen LogP contribution in [0.1, 0.15) is 19.5 Å². The van der Waals surface area contributed by atoms with E-state index in [1.165, 1.54) is 12.1 Å². The van der Waals surface area contributed by atoms with Crippen molar-refractivity contribution in [2.24, 2.45) is 0 Å². The molecule has 0 saturated carbocycles. The number of aromatic nitrogens is 2. The molecule has 6 heteroatoms. The van der Waals surface area contributed by atoms with Crippen molar-refractivity contribution in [3.8, 4) is 0 Å². The molecule has 1 aromatic carbocycles. The first-order valence-corrected chi connectivity index (χ1v) is 7.89. The van der Waals surface area contributed by atoms with E-state index >= 15 is 0 Å². The molecule has 1 fully saturated rings. The number of piperazine rings is 1. The van der Waals surface area contributed by atoms with E-state index < -0.39 is 0 Å². The van der Waals surface area contributed by atoms with Gasteiger partial charge in [-0.2, -0.15) is 4.98 Å². The van der Waals surface area contributed by atoms with Gasteiger partial charge in [0.25, 0.3) is 0 Å². The van der Waals surface area contributed by atoms with Crippen molar-refractivity contribution in [2.75, 3.05) is 23.3 Å². The summed E-state index contributed by atoms with van der Waals surface area (Å²) >= 11 is 0. The van der Waals surface area contributed by atoms with Crippen LogP contribution in [-0.2, 0) is 0 Å². The molecule has 3 rings (SSSR count). The van der Waals surface area contributed by atoms with Crippen LogP contribution in [0.2, 0.25) is 0 Å². The summed E-state index contributed by atoms with van der Waals surface area (Å²) in [6.07, 6.45) is 0. The number of hydrogen-bond donors (Lipinski definition) is 2. The molecule has 2 aromatic rings. The van der Waals surface area contributed by atoms with Gasteiger partial charge in [-0.3, -0.25) is 0 Å². The Morgan fingerprint density at radius 1 is 1.13 bits per heavy atom. The molecule has 2 unspecified atom stereocenters. The number of nitrogens with zero attached hydrogens (tertiary/aromatic N) is 3. The largest absolute Gasteiger partial charge is 0.353 e. The fraction of sp³-hybridized carbons (Fsp3) is 0.412. The second-order valence-corrected chi connectivity index (χ2v) is 6.20. The summed E-state index contributed by atoms with van der Waals surface area (Å²) in [4.78, 5) is 11.3. The highest BCUT2D eigenvalue weighted by molar-refractivity contribution is 5.55. The maximum Gasteiger partial charge on any atom is 0.229 e. The minimum atomic E-state index is -0.259. The molecule has 0 spiro atoms. The maximum atomic E-state index is 13.0. The SMILES string of the molecule is Cc1cc(N2CC(C)NC(C)C2)nc(Nc2ccc(F)cc2)n1. The lowest BCUT2D eigenvalue weighted by molar-refractivity contribution is 0.405. The first-order valence-electron chi connectivity index (χ1n) is 7.89. The van der Waals surface area contributed by atoms with E-state index in [1.54, 1.807) is 12.1 Å². The van der Waals surface area contributed by atoms with Crippen molar-refractivity contribution < 1.29 is 4.39 Å². The van der Waals surface area contributed by atoms with Gasteiger partial charge in [0, 0.05) is 42.6 Å². The highest BCUT2D eigenvalue weighted by Crippen LogP contribution is 2.20. The third-order valence-corrected chi connectivity index (χ3v) is 3.82. The van der Waals surface area contributed by atoms with Gasteiger partial charge in [0.15, 0.2) is 0 Å². The summed E-state index contributed by atoms with van der Waals surface area (Å²) < 4.78 is 13.0. The van der Waals surface area contributed by atoms with Crippen molar-refractivity contribution in [1.82, 2.24) is 15.3 Å². The lowest BCUT2D eigenvalue weighted by Gasteiger charge is -2.37. The molecule has 5 nitrogen and oxygen atoms in total. The lowest BCUT2D eigenvalue weighted by atomic mass is 10.1. The van der Waals surface area contributed by atoms with E-state index in [-0.39, 0.29) is 5.82 Å². The smallest absolute Gasteiger partial charge is 0.229 e. The van der Waals surface area contributed by atoms with Crippen molar-refractivity contribution in [1.29, 1.82) is 0 Å². The van der Waals surface area contributed by atoms with Gasteiger partial charge in [0.05, 0.1) is 0 Å². The summed E-state index contributed by atoms with van der Waals surface area (Å²) in [5, 5.41) is 6.66. The van der Waals surface area contributed by atoms with Gasteiger partial charge in [-0.15, -0.1) is 0 Å². The zero-order valence-corrected chi connectivity index (χ0v) is 13.7. The molecule has 122 valence electrons. The van der Waals surface area contributed by atoms with Gasteiger partial charge in [0.1, 0.15) is 11.6 Å². The van der Waals surface area contributed by atoms with Gasteiger partial charge >= 0.3 is 0 Å². The van der Waals surface area contributed by atoms with Crippen LogP contribution >= 0.6 is 0 Å². The highest BCUT2D eigenvalue weighted by atomic mass is 19.1. The van der Waals surface area contributed by atoms with Gasteiger partial charge in [-0.25, -0.2) is 9.37 Å². The first-order chi connectivity index (χ1) is 11.0. The average molecular weight is 315 g/mol. The predicted molar refractivity (Wildman–Crippen MR) is 90.7 cm³/mol. The molecule has 0 aliphatic carbocycles. The summed E-state index contributed by atoms with van der Waals surface area (Å²) in [5.74, 6) is 1.19. The standard InChI is InChI=1S/C17H22FN5/c1-11-8-16(23-9-12(2)19-13(3)10-23)22-17(20-11)21-15-6-4-14(18)5-7-15/h4-8,12-13,19H,9-10H2,1-3H3,(H,20,21,22). The van der Waals surface area contributed by atoms with Gasteiger partial charge in [0.2, 0.25) is 5.95 Å². The number of hydrogen-bond acceptors (Lipinski definition) is 5. The molecule has 1 saturated heterocycles.